The number of carbonyl (C=O) groups excluding carboxylic acids is 3. The molecule has 3 atom stereocenters. The fourth-order valence-corrected chi connectivity index (χ4v) is 4.79. The number of halogens is 3. The predicted octanol–water partition coefficient (Wildman–Crippen LogP) is 3.59. The maximum absolute atomic E-state index is 13.4. The first-order valence-electron chi connectivity index (χ1n) is 7.97. The van der Waals surface area contributed by atoms with E-state index < -0.39 is 34.0 Å². The van der Waals surface area contributed by atoms with Crippen molar-refractivity contribution in [2.45, 2.75) is 10.3 Å². The topological polar surface area (TPSA) is 63.7 Å². The first-order chi connectivity index (χ1) is 12.8. The molecule has 0 N–H and O–H groups in total. The van der Waals surface area contributed by atoms with Crippen molar-refractivity contribution in [3.05, 3.63) is 64.1 Å². The number of nitrogens with zero attached hydrogens (tertiary/aromatic N) is 1. The molecule has 138 valence electrons. The smallest absolute Gasteiger partial charge is 0.329 e. The second-order valence-electron chi connectivity index (χ2n) is 6.41. The van der Waals surface area contributed by atoms with E-state index in [1.54, 1.807) is 48.5 Å². The van der Waals surface area contributed by atoms with E-state index in [-0.39, 0.29) is 0 Å². The van der Waals surface area contributed by atoms with Gasteiger partial charge in [-0.05, 0) is 42.0 Å². The number of anilines is 1. The second kappa shape index (κ2) is 5.96. The van der Waals surface area contributed by atoms with Gasteiger partial charge in [-0.15, -0.1) is 11.6 Å². The lowest BCUT2D eigenvalue weighted by molar-refractivity contribution is -0.144. The zero-order valence-electron chi connectivity index (χ0n) is 13.9. The van der Waals surface area contributed by atoms with Gasteiger partial charge in [0.15, 0.2) is 4.87 Å². The van der Waals surface area contributed by atoms with Crippen molar-refractivity contribution in [2.75, 3.05) is 12.0 Å². The van der Waals surface area contributed by atoms with Crippen LogP contribution in [0.3, 0.4) is 0 Å². The van der Waals surface area contributed by atoms with Crippen LogP contribution in [-0.2, 0) is 24.5 Å². The summed E-state index contributed by atoms with van der Waals surface area (Å²) in [6.45, 7) is 0. The van der Waals surface area contributed by atoms with Gasteiger partial charge in [0.05, 0.1) is 18.7 Å². The third-order valence-electron chi connectivity index (χ3n) is 5.20. The number of imide groups is 1. The van der Waals surface area contributed by atoms with E-state index in [0.717, 1.165) is 4.90 Å². The van der Waals surface area contributed by atoms with Gasteiger partial charge in [-0.3, -0.25) is 14.4 Å². The molecule has 1 aliphatic carbocycles. The average Bonchev–Trinajstić information content (AvgIpc) is 3.15. The lowest BCUT2D eigenvalue weighted by Crippen LogP contribution is -2.46. The molecule has 0 spiro atoms. The summed E-state index contributed by atoms with van der Waals surface area (Å²) in [6.07, 6.45) is 0. The molecule has 2 aromatic carbocycles. The Balaban J connectivity index is 1.87. The molecule has 0 radical (unpaired) electrons. The molecule has 4 rings (SSSR count). The highest BCUT2D eigenvalue weighted by Crippen LogP contribution is 2.72. The molecule has 0 unspecified atom stereocenters. The van der Waals surface area contributed by atoms with E-state index >= 15 is 0 Å². The molecule has 1 saturated carbocycles. The van der Waals surface area contributed by atoms with Crippen molar-refractivity contribution in [3.8, 4) is 0 Å². The molecule has 2 aliphatic rings. The molecule has 27 heavy (non-hydrogen) atoms. The molecule has 0 bridgehead atoms. The highest BCUT2D eigenvalue weighted by molar-refractivity contribution is 6.50. The zero-order valence-corrected chi connectivity index (χ0v) is 16.2. The van der Waals surface area contributed by atoms with Gasteiger partial charge in [-0.2, -0.15) is 0 Å². The minimum atomic E-state index is -1.79. The molecule has 8 heteroatoms. The number of methoxy groups -OCH3 is 1. The monoisotopic (exact) mass is 423 g/mol. The minimum absolute atomic E-state index is 0.360. The minimum Gasteiger partial charge on any atom is -0.468 e. The molecular weight excluding hydrogens is 413 g/mol. The summed E-state index contributed by atoms with van der Waals surface area (Å²) in [4.78, 5) is 38.2. The highest BCUT2D eigenvalue weighted by Gasteiger charge is 2.92. The van der Waals surface area contributed by atoms with Crippen LogP contribution < -0.4 is 4.90 Å². The Bertz CT molecular complexity index is 975. The zero-order chi connectivity index (χ0) is 19.6. The molecule has 1 aliphatic heterocycles. The number of carbonyl (C=O) groups is 3. The van der Waals surface area contributed by atoms with Gasteiger partial charge in [0.2, 0.25) is 11.8 Å². The van der Waals surface area contributed by atoms with Gasteiger partial charge < -0.3 is 4.74 Å². The van der Waals surface area contributed by atoms with Crippen molar-refractivity contribution in [3.63, 3.8) is 0 Å². The normalized spacial score (nSPS) is 28.9. The molecule has 1 saturated heterocycles. The largest absolute Gasteiger partial charge is 0.468 e. The van der Waals surface area contributed by atoms with E-state index in [9.17, 15) is 14.4 Å². The fraction of sp³-hybridized carbons (Fsp3) is 0.211. The number of esters is 1. The van der Waals surface area contributed by atoms with Gasteiger partial charge >= 0.3 is 5.97 Å². The van der Waals surface area contributed by atoms with Crippen LogP contribution in [0.1, 0.15) is 5.56 Å². The van der Waals surface area contributed by atoms with Crippen LogP contribution in [0.4, 0.5) is 5.69 Å². The van der Waals surface area contributed by atoms with Gasteiger partial charge in [0.1, 0.15) is 5.41 Å². The second-order valence-corrected chi connectivity index (χ2v) is 7.88. The van der Waals surface area contributed by atoms with Crippen molar-refractivity contribution in [2.24, 2.45) is 5.92 Å². The summed E-state index contributed by atoms with van der Waals surface area (Å²) in [5, 5.41) is 0.925. The van der Waals surface area contributed by atoms with Crippen LogP contribution in [-0.4, -0.2) is 29.8 Å². The summed E-state index contributed by atoms with van der Waals surface area (Å²) in [6, 6.07) is 12.6. The van der Waals surface area contributed by atoms with E-state index in [0.29, 0.717) is 21.3 Å². The number of hydrogen-bond acceptors (Lipinski definition) is 4. The van der Waals surface area contributed by atoms with E-state index in [1.807, 2.05) is 0 Å². The maximum Gasteiger partial charge on any atom is 0.329 e. The molecule has 5 nitrogen and oxygen atoms in total. The Morgan fingerprint density at radius 2 is 1.52 bits per heavy atom. The summed E-state index contributed by atoms with van der Waals surface area (Å²) in [5.74, 6) is -3.02. The van der Waals surface area contributed by atoms with Gasteiger partial charge in [0.25, 0.3) is 0 Å². The van der Waals surface area contributed by atoms with Crippen molar-refractivity contribution in [1.29, 1.82) is 0 Å². The van der Waals surface area contributed by atoms with Crippen LogP contribution in [0.25, 0.3) is 0 Å². The molecule has 0 aromatic heterocycles. The highest BCUT2D eigenvalue weighted by atomic mass is 35.5. The molecule has 1 heterocycles. The van der Waals surface area contributed by atoms with Crippen LogP contribution >= 0.6 is 34.8 Å². The summed E-state index contributed by atoms with van der Waals surface area (Å²) in [7, 11) is 1.17. The number of piperidine rings is 1. The van der Waals surface area contributed by atoms with E-state index in [4.69, 9.17) is 39.5 Å². The van der Waals surface area contributed by atoms with Gasteiger partial charge in [0, 0.05) is 10.0 Å². The maximum atomic E-state index is 13.4. The summed E-state index contributed by atoms with van der Waals surface area (Å²) in [5.41, 5.74) is -0.742. The Morgan fingerprint density at radius 1 is 1.00 bits per heavy atom. The van der Waals surface area contributed by atoms with Gasteiger partial charge in [-0.1, -0.05) is 35.3 Å². The van der Waals surface area contributed by atoms with E-state index in [1.165, 1.54) is 7.11 Å². The lowest BCUT2D eigenvalue weighted by Gasteiger charge is -2.25. The average molecular weight is 425 g/mol. The summed E-state index contributed by atoms with van der Waals surface area (Å²) >= 11 is 18.4. The number of amides is 2. The first-order valence-corrected chi connectivity index (χ1v) is 9.11. The Labute approximate surface area is 169 Å². The Morgan fingerprint density at radius 3 is 2.04 bits per heavy atom. The number of ether oxygens (including phenoxy) is 1. The van der Waals surface area contributed by atoms with Crippen LogP contribution in [0.15, 0.2) is 48.5 Å². The quantitative estimate of drug-likeness (QED) is 0.429. The van der Waals surface area contributed by atoms with Gasteiger partial charge in [-0.25, -0.2) is 4.90 Å². The molecular formula is C19H12Cl3NO4. The molecule has 2 fully saturated rings. The number of alkyl halides is 1. The lowest BCUT2D eigenvalue weighted by atomic mass is 9.91. The Kier molecular flexibility index (Phi) is 4.04. The van der Waals surface area contributed by atoms with Crippen LogP contribution in [0.2, 0.25) is 10.0 Å². The third-order valence-corrected chi connectivity index (χ3v) is 6.37. The van der Waals surface area contributed by atoms with E-state index in [2.05, 4.69) is 0 Å². The third kappa shape index (κ3) is 2.16. The van der Waals surface area contributed by atoms with Crippen LogP contribution in [0.5, 0.6) is 0 Å². The number of benzene rings is 2. The number of fused-ring (bicyclic) bond motifs is 1. The van der Waals surface area contributed by atoms with Crippen LogP contribution in [0, 0.1) is 5.92 Å². The summed E-state index contributed by atoms with van der Waals surface area (Å²) < 4.78 is 4.80. The standard InChI is InChI=1S/C19H12Cl3NO4/c1-27-17(26)19(22)14-15(24)23(13-8-6-12(21)7-9-13)16(25)18(14,19)10-2-4-11(20)5-3-10/h2-9,14H,1H3/t14-,18+,19-/m0/s1. The van der Waals surface area contributed by atoms with Crippen molar-refractivity contribution >= 4 is 58.3 Å². The molecule has 2 aromatic rings. The Hall–Kier alpha value is -2.08. The SMILES string of the molecule is COC(=O)[C@@]1(Cl)[C@H]2C(=O)N(c3ccc(Cl)cc3)C(=O)[C@@]21c1ccc(Cl)cc1. The number of rotatable bonds is 3. The molecule has 2 amide bonds. The first kappa shape index (κ1) is 18.3. The van der Waals surface area contributed by atoms with Crippen molar-refractivity contribution in [1.82, 2.24) is 0 Å². The van der Waals surface area contributed by atoms with Crippen molar-refractivity contribution < 1.29 is 19.1 Å². The number of hydrogen-bond donors (Lipinski definition) is 0. The fourth-order valence-electron chi connectivity index (χ4n) is 3.95. The predicted molar refractivity (Wildman–Crippen MR) is 101 cm³/mol.